The zero-order chi connectivity index (χ0) is 12.9. The molecule has 110 valence electrons. The van der Waals surface area contributed by atoms with E-state index in [0.29, 0.717) is 13.1 Å². The lowest BCUT2D eigenvalue weighted by Gasteiger charge is -2.33. The van der Waals surface area contributed by atoms with E-state index in [1.165, 1.54) is 10.7 Å². The van der Waals surface area contributed by atoms with Crippen LogP contribution in [0.25, 0.3) is 0 Å². The molecular formula is C11H26ClN3O2S. The highest BCUT2D eigenvalue weighted by molar-refractivity contribution is 7.86. The molecule has 1 fully saturated rings. The topological polar surface area (TPSA) is 52.7 Å². The van der Waals surface area contributed by atoms with Crippen LogP contribution in [0.2, 0.25) is 0 Å². The number of rotatable bonds is 6. The van der Waals surface area contributed by atoms with E-state index in [1.54, 1.807) is 18.4 Å². The van der Waals surface area contributed by atoms with Gasteiger partial charge in [0.15, 0.2) is 0 Å². The Labute approximate surface area is 118 Å². The first kappa shape index (κ1) is 18.1. The molecular weight excluding hydrogens is 274 g/mol. The average molecular weight is 300 g/mol. The molecule has 0 bridgehead atoms. The molecule has 1 saturated carbocycles. The zero-order valence-corrected chi connectivity index (χ0v) is 13.2. The van der Waals surface area contributed by atoms with Crippen LogP contribution in [0.15, 0.2) is 0 Å². The zero-order valence-electron chi connectivity index (χ0n) is 11.6. The molecule has 0 radical (unpaired) electrons. The van der Waals surface area contributed by atoms with E-state index in [1.807, 2.05) is 7.05 Å². The van der Waals surface area contributed by atoms with Crippen molar-refractivity contribution in [3.63, 3.8) is 0 Å². The van der Waals surface area contributed by atoms with Gasteiger partial charge in [0.1, 0.15) is 0 Å². The van der Waals surface area contributed by atoms with Gasteiger partial charge in [0.2, 0.25) is 0 Å². The Kier molecular flexibility index (Phi) is 8.38. The van der Waals surface area contributed by atoms with Gasteiger partial charge in [-0.2, -0.15) is 17.0 Å². The molecule has 1 rings (SSSR count). The van der Waals surface area contributed by atoms with Crippen LogP contribution in [-0.2, 0) is 10.2 Å². The molecule has 0 spiro atoms. The number of nitrogens with zero attached hydrogens (tertiary/aromatic N) is 2. The Hall–Kier alpha value is 0.120. The summed E-state index contributed by atoms with van der Waals surface area (Å²) in [6.07, 6.45) is 5.51. The van der Waals surface area contributed by atoms with Crippen LogP contribution in [0.4, 0.5) is 0 Å². The van der Waals surface area contributed by atoms with Crippen molar-refractivity contribution >= 4 is 22.6 Å². The van der Waals surface area contributed by atoms with Crippen LogP contribution < -0.4 is 5.32 Å². The summed E-state index contributed by atoms with van der Waals surface area (Å²) < 4.78 is 27.5. The molecule has 1 aliphatic rings. The second-order valence-corrected chi connectivity index (χ2v) is 6.84. The first-order valence-corrected chi connectivity index (χ1v) is 7.73. The maximum atomic E-state index is 12.3. The quantitative estimate of drug-likeness (QED) is 0.798. The van der Waals surface area contributed by atoms with E-state index in [9.17, 15) is 8.42 Å². The minimum absolute atomic E-state index is 0. The largest absolute Gasteiger partial charge is 0.318 e. The van der Waals surface area contributed by atoms with Gasteiger partial charge in [-0.15, -0.1) is 12.4 Å². The summed E-state index contributed by atoms with van der Waals surface area (Å²) in [5, 5.41) is 2.96. The molecule has 0 atom stereocenters. The second-order valence-electron chi connectivity index (χ2n) is 4.74. The lowest BCUT2D eigenvalue weighted by atomic mass is 9.96. The maximum absolute atomic E-state index is 12.3. The van der Waals surface area contributed by atoms with Gasteiger partial charge < -0.3 is 5.32 Å². The van der Waals surface area contributed by atoms with Gasteiger partial charge in [0.25, 0.3) is 10.2 Å². The summed E-state index contributed by atoms with van der Waals surface area (Å²) >= 11 is 0. The smallest absolute Gasteiger partial charge is 0.281 e. The molecule has 0 aromatic heterocycles. The van der Waals surface area contributed by atoms with Crippen LogP contribution in [-0.4, -0.2) is 57.3 Å². The molecule has 5 nitrogen and oxygen atoms in total. The Balaban J connectivity index is 0.00000289. The standard InChI is InChI=1S/C11H25N3O2S.ClH/c1-12-9-10-13(2)17(15,16)14(3)11-7-5-4-6-8-11;/h11-12H,4-10H2,1-3H3;1H. The fourth-order valence-corrected chi connectivity index (χ4v) is 3.59. The van der Waals surface area contributed by atoms with E-state index >= 15 is 0 Å². The van der Waals surface area contributed by atoms with Crippen molar-refractivity contribution in [1.82, 2.24) is 13.9 Å². The Morgan fingerprint density at radius 3 is 2.22 bits per heavy atom. The molecule has 0 heterocycles. The van der Waals surface area contributed by atoms with Gasteiger partial charge in [-0.1, -0.05) is 19.3 Å². The van der Waals surface area contributed by atoms with Crippen molar-refractivity contribution in [3.05, 3.63) is 0 Å². The lowest BCUT2D eigenvalue weighted by Crippen LogP contribution is -2.47. The summed E-state index contributed by atoms with van der Waals surface area (Å²) in [5.41, 5.74) is 0. The third kappa shape index (κ3) is 4.66. The van der Waals surface area contributed by atoms with Crippen LogP contribution in [0.3, 0.4) is 0 Å². The summed E-state index contributed by atoms with van der Waals surface area (Å²) in [5.74, 6) is 0. The number of likely N-dealkylation sites (N-methyl/N-ethyl adjacent to an activating group) is 2. The van der Waals surface area contributed by atoms with E-state index < -0.39 is 10.2 Å². The first-order valence-electron chi connectivity index (χ1n) is 6.34. The van der Waals surface area contributed by atoms with E-state index in [0.717, 1.165) is 25.7 Å². The number of hydrogen-bond acceptors (Lipinski definition) is 3. The van der Waals surface area contributed by atoms with E-state index in [2.05, 4.69) is 5.32 Å². The third-order valence-electron chi connectivity index (χ3n) is 3.52. The molecule has 7 heteroatoms. The van der Waals surface area contributed by atoms with Gasteiger partial charge in [0, 0.05) is 33.2 Å². The minimum Gasteiger partial charge on any atom is -0.318 e. The molecule has 1 aliphatic carbocycles. The number of hydrogen-bond donors (Lipinski definition) is 1. The highest BCUT2D eigenvalue weighted by Gasteiger charge is 2.30. The molecule has 0 aliphatic heterocycles. The van der Waals surface area contributed by atoms with Crippen molar-refractivity contribution in [1.29, 1.82) is 0 Å². The Morgan fingerprint density at radius 2 is 1.72 bits per heavy atom. The van der Waals surface area contributed by atoms with Crippen LogP contribution in [0, 0.1) is 0 Å². The van der Waals surface area contributed by atoms with Gasteiger partial charge in [-0.25, -0.2) is 0 Å². The summed E-state index contributed by atoms with van der Waals surface area (Å²) in [4.78, 5) is 0. The highest BCUT2D eigenvalue weighted by atomic mass is 35.5. The van der Waals surface area contributed by atoms with Gasteiger partial charge in [-0.3, -0.25) is 0 Å². The summed E-state index contributed by atoms with van der Waals surface area (Å²) in [7, 11) is 1.89. The highest BCUT2D eigenvalue weighted by Crippen LogP contribution is 2.24. The van der Waals surface area contributed by atoms with Crippen molar-refractivity contribution in [2.75, 3.05) is 34.2 Å². The Bertz CT molecular complexity index is 318. The molecule has 0 amide bonds. The maximum Gasteiger partial charge on any atom is 0.281 e. The molecule has 0 unspecified atom stereocenters. The van der Waals surface area contributed by atoms with Crippen LogP contribution in [0.1, 0.15) is 32.1 Å². The lowest BCUT2D eigenvalue weighted by molar-refractivity contribution is 0.269. The summed E-state index contributed by atoms with van der Waals surface area (Å²) in [6, 6.07) is 0.186. The third-order valence-corrected chi connectivity index (χ3v) is 5.52. The molecule has 1 N–H and O–H groups in total. The summed E-state index contributed by atoms with van der Waals surface area (Å²) in [6.45, 7) is 1.18. The van der Waals surface area contributed by atoms with Crippen LogP contribution in [0.5, 0.6) is 0 Å². The van der Waals surface area contributed by atoms with E-state index in [4.69, 9.17) is 0 Å². The fraction of sp³-hybridized carbons (Fsp3) is 1.00. The molecule has 0 aromatic rings. The van der Waals surface area contributed by atoms with Crippen molar-refractivity contribution in [2.45, 2.75) is 38.1 Å². The minimum atomic E-state index is -3.28. The van der Waals surface area contributed by atoms with Gasteiger partial charge >= 0.3 is 0 Å². The fourth-order valence-electron chi connectivity index (χ4n) is 2.24. The second kappa shape index (κ2) is 8.32. The van der Waals surface area contributed by atoms with Crippen molar-refractivity contribution in [2.24, 2.45) is 0 Å². The van der Waals surface area contributed by atoms with Gasteiger partial charge in [0.05, 0.1) is 0 Å². The van der Waals surface area contributed by atoms with Crippen molar-refractivity contribution < 1.29 is 8.42 Å². The van der Waals surface area contributed by atoms with Crippen molar-refractivity contribution in [3.8, 4) is 0 Å². The number of halogens is 1. The monoisotopic (exact) mass is 299 g/mol. The first-order chi connectivity index (χ1) is 8.00. The van der Waals surface area contributed by atoms with Crippen LogP contribution >= 0.6 is 12.4 Å². The normalized spacial score (nSPS) is 18.1. The SMILES string of the molecule is CNCCN(C)S(=O)(=O)N(C)C1CCCCC1.Cl. The average Bonchev–Trinajstić information content (AvgIpc) is 2.35. The Morgan fingerprint density at radius 1 is 1.17 bits per heavy atom. The van der Waals surface area contributed by atoms with Gasteiger partial charge in [-0.05, 0) is 19.9 Å². The van der Waals surface area contributed by atoms with E-state index in [-0.39, 0.29) is 18.4 Å². The number of nitrogens with one attached hydrogen (secondary N) is 1. The molecule has 0 saturated heterocycles. The molecule has 18 heavy (non-hydrogen) atoms. The predicted octanol–water partition coefficient (Wildman–Crippen LogP) is 1.07. The predicted molar refractivity (Wildman–Crippen MR) is 77.4 cm³/mol. The molecule has 0 aromatic carbocycles.